The highest BCUT2D eigenvalue weighted by Crippen LogP contribution is 2.24. The summed E-state index contributed by atoms with van der Waals surface area (Å²) in [5.74, 6) is -3.86. The average Bonchev–Trinajstić information content (AvgIpc) is 2.55. The Morgan fingerprint density at radius 2 is 1.68 bits per heavy atom. The number of halogens is 5. The van der Waals surface area contributed by atoms with Crippen LogP contribution < -0.4 is 14.4 Å². The van der Waals surface area contributed by atoms with Crippen molar-refractivity contribution in [2.75, 3.05) is 22.4 Å². The number of anilines is 2. The lowest BCUT2D eigenvalue weighted by molar-refractivity contribution is -0.274. The average molecular weight is 424 g/mol. The van der Waals surface area contributed by atoms with Crippen LogP contribution in [0.15, 0.2) is 42.5 Å². The van der Waals surface area contributed by atoms with Gasteiger partial charge in [-0.3, -0.25) is 9.10 Å². The van der Waals surface area contributed by atoms with E-state index in [9.17, 15) is 35.2 Å². The van der Waals surface area contributed by atoms with Crippen LogP contribution >= 0.6 is 0 Å². The van der Waals surface area contributed by atoms with Crippen molar-refractivity contribution in [1.82, 2.24) is 0 Å². The zero-order chi connectivity index (χ0) is 21.1. The molecular weight excluding hydrogens is 411 g/mol. The first-order valence-corrected chi connectivity index (χ1v) is 9.28. The van der Waals surface area contributed by atoms with Crippen molar-refractivity contribution in [3.05, 3.63) is 54.1 Å². The first-order chi connectivity index (χ1) is 12.8. The van der Waals surface area contributed by atoms with Crippen LogP contribution in [0.3, 0.4) is 0 Å². The largest absolute Gasteiger partial charge is 0.573 e. The van der Waals surface area contributed by atoms with Crippen molar-refractivity contribution >= 4 is 27.3 Å². The number of nitrogens with zero attached hydrogens (tertiary/aromatic N) is 1. The molecule has 0 fully saturated rings. The van der Waals surface area contributed by atoms with E-state index in [1.165, 1.54) is 0 Å². The molecule has 152 valence electrons. The van der Waals surface area contributed by atoms with Crippen LogP contribution in [0.5, 0.6) is 5.75 Å². The summed E-state index contributed by atoms with van der Waals surface area (Å²) in [7, 11) is -4.02. The van der Waals surface area contributed by atoms with Crippen molar-refractivity contribution < 1.29 is 39.9 Å². The molecule has 1 amide bonds. The van der Waals surface area contributed by atoms with Crippen LogP contribution in [0.4, 0.5) is 33.3 Å². The second-order valence-corrected chi connectivity index (χ2v) is 7.40. The van der Waals surface area contributed by atoms with Gasteiger partial charge in [-0.1, -0.05) is 0 Å². The highest BCUT2D eigenvalue weighted by molar-refractivity contribution is 7.92. The first-order valence-electron chi connectivity index (χ1n) is 7.43. The predicted molar refractivity (Wildman–Crippen MR) is 90.3 cm³/mol. The Hall–Kier alpha value is -2.89. The Kier molecular flexibility index (Phi) is 6.12. The van der Waals surface area contributed by atoms with E-state index in [2.05, 4.69) is 10.1 Å². The minimum Gasteiger partial charge on any atom is -0.406 e. The minimum absolute atomic E-state index is 0.0678. The molecule has 2 rings (SSSR count). The number of amides is 1. The second kappa shape index (κ2) is 8.00. The van der Waals surface area contributed by atoms with Crippen molar-refractivity contribution in [2.45, 2.75) is 6.36 Å². The van der Waals surface area contributed by atoms with Gasteiger partial charge in [-0.25, -0.2) is 17.2 Å². The summed E-state index contributed by atoms with van der Waals surface area (Å²) in [6.45, 7) is -0.773. The molecule has 2 aromatic carbocycles. The number of hydrogen-bond acceptors (Lipinski definition) is 4. The van der Waals surface area contributed by atoms with Gasteiger partial charge in [-0.05, 0) is 36.4 Å². The predicted octanol–water partition coefficient (Wildman–Crippen LogP) is 3.27. The molecule has 0 aliphatic heterocycles. The van der Waals surface area contributed by atoms with Crippen molar-refractivity contribution in [1.29, 1.82) is 0 Å². The third kappa shape index (κ3) is 6.08. The van der Waals surface area contributed by atoms with Crippen molar-refractivity contribution in [3.63, 3.8) is 0 Å². The Morgan fingerprint density at radius 1 is 1.07 bits per heavy atom. The van der Waals surface area contributed by atoms with Gasteiger partial charge in [0.2, 0.25) is 15.9 Å². The molecule has 0 unspecified atom stereocenters. The van der Waals surface area contributed by atoms with E-state index < -0.39 is 46.2 Å². The van der Waals surface area contributed by atoms with Crippen LogP contribution in [-0.2, 0) is 14.8 Å². The third-order valence-electron chi connectivity index (χ3n) is 3.25. The fourth-order valence-electron chi connectivity index (χ4n) is 2.11. The van der Waals surface area contributed by atoms with Crippen LogP contribution in [-0.4, -0.2) is 33.5 Å². The lowest BCUT2D eigenvalue weighted by Gasteiger charge is -2.22. The van der Waals surface area contributed by atoms with Gasteiger partial charge in [0.25, 0.3) is 0 Å². The summed E-state index contributed by atoms with van der Waals surface area (Å²) in [6.07, 6.45) is -4.10. The summed E-state index contributed by atoms with van der Waals surface area (Å²) >= 11 is 0. The Balaban J connectivity index is 2.13. The van der Waals surface area contributed by atoms with Crippen LogP contribution in [0.1, 0.15) is 0 Å². The van der Waals surface area contributed by atoms with Crippen molar-refractivity contribution in [2.24, 2.45) is 0 Å². The van der Waals surface area contributed by atoms with Crippen LogP contribution in [0.25, 0.3) is 0 Å². The number of ether oxygens (including phenoxy) is 1. The Labute approximate surface area is 156 Å². The molecule has 28 heavy (non-hydrogen) atoms. The van der Waals surface area contributed by atoms with E-state index in [-0.39, 0.29) is 11.4 Å². The first kappa shape index (κ1) is 21.4. The van der Waals surface area contributed by atoms with Gasteiger partial charge in [0.1, 0.15) is 12.3 Å². The summed E-state index contributed by atoms with van der Waals surface area (Å²) in [6, 6.07) is 6.44. The lowest BCUT2D eigenvalue weighted by Crippen LogP contribution is -2.37. The number of carbonyl (C=O) groups excluding carboxylic acids is 1. The molecule has 0 saturated carbocycles. The number of rotatable bonds is 6. The Morgan fingerprint density at radius 3 is 2.18 bits per heavy atom. The van der Waals surface area contributed by atoms with E-state index >= 15 is 0 Å². The zero-order valence-electron chi connectivity index (χ0n) is 14.1. The van der Waals surface area contributed by atoms with E-state index in [0.717, 1.165) is 36.6 Å². The van der Waals surface area contributed by atoms with E-state index in [1.807, 2.05) is 0 Å². The van der Waals surface area contributed by atoms with Gasteiger partial charge >= 0.3 is 6.36 Å². The molecular formula is C16H13F5N2O4S. The van der Waals surface area contributed by atoms with Gasteiger partial charge in [-0.15, -0.1) is 13.2 Å². The number of nitrogens with one attached hydrogen (secondary N) is 1. The normalized spacial score (nSPS) is 11.8. The molecule has 2 aromatic rings. The van der Waals surface area contributed by atoms with E-state index in [0.29, 0.717) is 16.4 Å². The number of hydrogen-bond donors (Lipinski definition) is 1. The van der Waals surface area contributed by atoms with E-state index in [1.54, 1.807) is 0 Å². The van der Waals surface area contributed by atoms with Crippen LogP contribution in [0.2, 0.25) is 0 Å². The van der Waals surface area contributed by atoms with Crippen molar-refractivity contribution in [3.8, 4) is 5.75 Å². The molecule has 1 N–H and O–H groups in total. The molecule has 0 atom stereocenters. The van der Waals surface area contributed by atoms with E-state index in [4.69, 9.17) is 0 Å². The molecule has 0 radical (unpaired) electrons. The monoisotopic (exact) mass is 424 g/mol. The summed E-state index contributed by atoms with van der Waals surface area (Å²) in [4.78, 5) is 12.1. The van der Waals surface area contributed by atoms with Gasteiger partial charge in [0.15, 0.2) is 11.6 Å². The molecule has 0 spiro atoms. The maximum Gasteiger partial charge on any atom is 0.573 e. The highest BCUT2D eigenvalue weighted by atomic mass is 32.2. The smallest absolute Gasteiger partial charge is 0.406 e. The second-order valence-electron chi connectivity index (χ2n) is 5.49. The topological polar surface area (TPSA) is 75.7 Å². The summed E-state index contributed by atoms with van der Waals surface area (Å²) < 4.78 is 90.8. The Bertz CT molecular complexity index is 962. The quantitative estimate of drug-likeness (QED) is 0.723. The number of benzene rings is 2. The maximum absolute atomic E-state index is 13.4. The van der Waals surface area contributed by atoms with Gasteiger partial charge in [0, 0.05) is 11.8 Å². The summed E-state index contributed by atoms with van der Waals surface area (Å²) in [5.41, 5.74) is -0.205. The maximum atomic E-state index is 13.4. The third-order valence-corrected chi connectivity index (χ3v) is 4.39. The highest BCUT2D eigenvalue weighted by Gasteiger charge is 2.31. The zero-order valence-corrected chi connectivity index (χ0v) is 14.9. The minimum atomic E-state index is -4.87. The molecule has 12 heteroatoms. The van der Waals surface area contributed by atoms with Gasteiger partial charge in [-0.2, -0.15) is 0 Å². The van der Waals surface area contributed by atoms with Gasteiger partial charge in [0.05, 0.1) is 11.9 Å². The molecule has 0 aliphatic rings. The summed E-state index contributed by atoms with van der Waals surface area (Å²) in [5, 5.41) is 2.28. The number of carbonyl (C=O) groups is 1. The molecule has 6 nitrogen and oxygen atoms in total. The fourth-order valence-corrected chi connectivity index (χ4v) is 2.96. The fraction of sp³-hybridized carbons (Fsp3) is 0.188. The van der Waals surface area contributed by atoms with Gasteiger partial charge < -0.3 is 10.1 Å². The SMILES string of the molecule is CS(=O)(=O)N(CC(=O)Nc1ccc(OC(F)(F)F)cc1)c1ccc(F)c(F)c1. The lowest BCUT2D eigenvalue weighted by atomic mass is 10.3. The molecule has 0 bridgehead atoms. The van der Waals surface area contributed by atoms with Crippen LogP contribution in [0, 0.1) is 11.6 Å². The molecule has 0 saturated heterocycles. The number of sulfonamides is 1. The number of alkyl halides is 3. The standard InChI is InChI=1S/C16H13F5N2O4S/c1-28(25,26)23(11-4-7-13(17)14(18)8-11)9-15(24)22-10-2-5-12(6-3-10)27-16(19,20)21/h2-8H,9H2,1H3,(H,22,24). The molecule has 0 aliphatic carbocycles. The molecule has 0 heterocycles. The molecule has 0 aromatic heterocycles.